The van der Waals surface area contributed by atoms with Gasteiger partial charge in [-0.05, 0) is 18.2 Å². The van der Waals surface area contributed by atoms with Crippen LogP contribution in [0.4, 0.5) is 4.39 Å². The molecule has 0 bridgehead atoms. The molecule has 3 N–H and O–H groups in total. The molecule has 3 nitrogen and oxygen atoms in total. The van der Waals surface area contributed by atoms with Crippen LogP contribution in [0.2, 0.25) is 0 Å². The summed E-state index contributed by atoms with van der Waals surface area (Å²) in [5, 5.41) is 0.846. The van der Waals surface area contributed by atoms with Gasteiger partial charge in [-0.15, -0.1) is 0 Å². The maximum Gasteiger partial charge on any atom is 0.129 e. The van der Waals surface area contributed by atoms with Gasteiger partial charge >= 0.3 is 0 Å². The van der Waals surface area contributed by atoms with Crippen LogP contribution in [0.25, 0.3) is 10.9 Å². The Labute approximate surface area is 74.3 Å². The van der Waals surface area contributed by atoms with E-state index in [2.05, 4.69) is 9.82 Å². The van der Waals surface area contributed by atoms with E-state index in [1.807, 2.05) is 6.07 Å². The largest absolute Gasteiger partial charge is 0.361 e. The van der Waals surface area contributed by atoms with Crippen molar-refractivity contribution in [2.75, 3.05) is 0 Å². The zero-order chi connectivity index (χ0) is 9.26. The summed E-state index contributed by atoms with van der Waals surface area (Å²) in [5.74, 6) is 4.58. The highest BCUT2D eigenvalue weighted by Crippen LogP contribution is 2.18. The average molecular weight is 180 g/mol. The van der Waals surface area contributed by atoms with E-state index in [0.717, 1.165) is 10.9 Å². The fraction of sp³-hybridized carbons (Fsp3) is 0.111. The van der Waals surface area contributed by atoms with E-state index in [1.165, 1.54) is 6.07 Å². The Kier molecular flexibility index (Phi) is 2.00. The van der Waals surface area contributed by atoms with Crippen molar-refractivity contribution in [2.45, 2.75) is 6.61 Å². The Balaban J connectivity index is 2.56. The summed E-state index contributed by atoms with van der Waals surface area (Å²) in [6.45, 7) is 0.0841. The molecular weight excluding hydrogens is 171 g/mol. The van der Waals surface area contributed by atoms with E-state index in [0.29, 0.717) is 5.56 Å². The van der Waals surface area contributed by atoms with Gasteiger partial charge in [-0.1, -0.05) is 0 Å². The van der Waals surface area contributed by atoms with Gasteiger partial charge in [0.15, 0.2) is 0 Å². The topological polar surface area (TPSA) is 51.0 Å². The molecule has 2 rings (SSSR count). The summed E-state index contributed by atoms with van der Waals surface area (Å²) in [6.07, 6.45) is 1.76. The van der Waals surface area contributed by atoms with Crippen LogP contribution in [0, 0.1) is 5.82 Å². The van der Waals surface area contributed by atoms with Gasteiger partial charge in [0, 0.05) is 22.7 Å². The van der Waals surface area contributed by atoms with E-state index in [9.17, 15) is 4.39 Å². The lowest BCUT2D eigenvalue weighted by molar-refractivity contribution is 0.121. The minimum atomic E-state index is -0.294. The van der Waals surface area contributed by atoms with E-state index in [1.54, 1.807) is 12.3 Å². The van der Waals surface area contributed by atoms with Crippen molar-refractivity contribution in [3.05, 3.63) is 35.8 Å². The second-order valence-electron chi connectivity index (χ2n) is 2.82. The highest BCUT2D eigenvalue weighted by Gasteiger charge is 2.04. The number of aromatic amines is 1. The van der Waals surface area contributed by atoms with Crippen LogP contribution >= 0.6 is 0 Å². The van der Waals surface area contributed by atoms with Gasteiger partial charge < -0.3 is 4.98 Å². The molecule has 0 spiro atoms. The molecule has 68 valence electrons. The molecule has 1 heterocycles. The van der Waals surface area contributed by atoms with Gasteiger partial charge in [0.05, 0.1) is 6.61 Å². The summed E-state index contributed by atoms with van der Waals surface area (Å²) in [6, 6.07) is 4.96. The van der Waals surface area contributed by atoms with Crippen LogP contribution in [0.3, 0.4) is 0 Å². The maximum atomic E-state index is 13.2. The third kappa shape index (κ3) is 1.41. The van der Waals surface area contributed by atoms with Gasteiger partial charge in [0.25, 0.3) is 0 Å². The van der Waals surface area contributed by atoms with Gasteiger partial charge in [0.1, 0.15) is 5.82 Å². The molecule has 0 amide bonds. The first kappa shape index (κ1) is 8.22. The van der Waals surface area contributed by atoms with E-state index in [4.69, 9.17) is 5.90 Å². The molecule has 0 unspecified atom stereocenters. The van der Waals surface area contributed by atoms with Crippen LogP contribution < -0.4 is 5.90 Å². The molecular formula is C9H9FN2O. The average Bonchev–Trinajstić information content (AvgIpc) is 2.52. The Morgan fingerprint density at radius 3 is 3.08 bits per heavy atom. The van der Waals surface area contributed by atoms with E-state index in [-0.39, 0.29) is 12.4 Å². The molecule has 13 heavy (non-hydrogen) atoms. The first-order chi connectivity index (χ1) is 6.31. The lowest BCUT2D eigenvalue weighted by Crippen LogP contribution is -2.00. The van der Waals surface area contributed by atoms with Crippen molar-refractivity contribution in [3.8, 4) is 0 Å². The Morgan fingerprint density at radius 1 is 1.46 bits per heavy atom. The molecule has 0 saturated carbocycles. The summed E-state index contributed by atoms with van der Waals surface area (Å²) in [4.78, 5) is 7.36. The Bertz CT molecular complexity index is 424. The number of hydrogen-bond donors (Lipinski definition) is 2. The number of nitrogens with two attached hydrogens (primary N) is 1. The van der Waals surface area contributed by atoms with Gasteiger partial charge in [-0.25, -0.2) is 10.3 Å². The highest BCUT2D eigenvalue weighted by molar-refractivity contribution is 5.80. The van der Waals surface area contributed by atoms with Crippen LogP contribution in [0.5, 0.6) is 0 Å². The van der Waals surface area contributed by atoms with E-state index >= 15 is 0 Å². The molecule has 4 heteroatoms. The van der Waals surface area contributed by atoms with Crippen molar-refractivity contribution >= 4 is 10.9 Å². The van der Waals surface area contributed by atoms with E-state index < -0.39 is 0 Å². The summed E-state index contributed by atoms with van der Waals surface area (Å²) in [5.41, 5.74) is 1.34. The minimum absolute atomic E-state index is 0.0841. The zero-order valence-electron chi connectivity index (χ0n) is 6.88. The fourth-order valence-electron chi connectivity index (χ4n) is 1.32. The van der Waals surface area contributed by atoms with Crippen molar-refractivity contribution in [1.82, 2.24) is 4.98 Å². The molecule has 1 aromatic carbocycles. The highest BCUT2D eigenvalue weighted by atomic mass is 19.1. The number of aromatic nitrogens is 1. The number of fused-ring (bicyclic) bond motifs is 1. The molecule has 0 aliphatic heterocycles. The monoisotopic (exact) mass is 180 g/mol. The maximum absolute atomic E-state index is 13.2. The minimum Gasteiger partial charge on any atom is -0.361 e. The SMILES string of the molecule is NOCc1cc2[nH]ccc2cc1F. The van der Waals surface area contributed by atoms with Crippen molar-refractivity contribution < 1.29 is 9.23 Å². The van der Waals surface area contributed by atoms with Crippen LogP contribution in [0.15, 0.2) is 24.4 Å². The van der Waals surface area contributed by atoms with Gasteiger partial charge in [0.2, 0.25) is 0 Å². The molecule has 0 atom stereocenters. The summed E-state index contributed by atoms with van der Waals surface area (Å²) >= 11 is 0. The first-order valence-corrected chi connectivity index (χ1v) is 3.88. The number of halogens is 1. The van der Waals surface area contributed by atoms with Crippen molar-refractivity contribution in [3.63, 3.8) is 0 Å². The third-order valence-electron chi connectivity index (χ3n) is 1.96. The van der Waals surface area contributed by atoms with Crippen LogP contribution in [-0.4, -0.2) is 4.98 Å². The number of rotatable bonds is 2. The van der Waals surface area contributed by atoms with Crippen molar-refractivity contribution in [2.24, 2.45) is 5.90 Å². The van der Waals surface area contributed by atoms with Crippen molar-refractivity contribution in [1.29, 1.82) is 0 Å². The number of benzene rings is 1. The first-order valence-electron chi connectivity index (χ1n) is 3.88. The molecule has 0 saturated heterocycles. The third-order valence-corrected chi connectivity index (χ3v) is 1.96. The standard InChI is InChI=1S/C9H9FN2O/c10-8-3-6-1-2-12-9(6)4-7(8)5-13-11/h1-4,12H,5,11H2. The lowest BCUT2D eigenvalue weighted by atomic mass is 10.1. The quantitative estimate of drug-likeness (QED) is 0.691. The number of hydrogen-bond acceptors (Lipinski definition) is 2. The lowest BCUT2D eigenvalue weighted by Gasteiger charge is -2.01. The molecule has 2 aromatic rings. The van der Waals surface area contributed by atoms with Crippen LogP contribution in [-0.2, 0) is 11.4 Å². The van der Waals surface area contributed by atoms with Gasteiger partial charge in [-0.3, -0.25) is 4.84 Å². The second kappa shape index (κ2) is 3.16. The van der Waals surface area contributed by atoms with Crippen LogP contribution in [0.1, 0.15) is 5.56 Å². The molecule has 0 aliphatic rings. The predicted molar refractivity (Wildman–Crippen MR) is 47.2 cm³/mol. The fourth-order valence-corrected chi connectivity index (χ4v) is 1.32. The second-order valence-corrected chi connectivity index (χ2v) is 2.82. The summed E-state index contributed by atoms with van der Waals surface area (Å²) < 4.78 is 13.2. The molecule has 0 fully saturated rings. The Morgan fingerprint density at radius 2 is 2.31 bits per heavy atom. The normalized spacial score (nSPS) is 10.9. The Hall–Kier alpha value is -1.39. The predicted octanol–water partition coefficient (Wildman–Crippen LogP) is 1.70. The number of nitrogens with one attached hydrogen (secondary N) is 1. The number of H-pyrrole nitrogens is 1. The zero-order valence-corrected chi connectivity index (χ0v) is 6.88. The molecule has 0 radical (unpaired) electrons. The smallest absolute Gasteiger partial charge is 0.129 e. The summed E-state index contributed by atoms with van der Waals surface area (Å²) in [7, 11) is 0. The van der Waals surface area contributed by atoms with Gasteiger partial charge in [-0.2, -0.15) is 0 Å². The molecule has 0 aliphatic carbocycles. The molecule has 1 aromatic heterocycles.